The Kier molecular flexibility index (Phi) is 7.44. The topological polar surface area (TPSA) is 102 Å². The van der Waals surface area contributed by atoms with Crippen LogP contribution in [0.15, 0.2) is 78.1 Å². The van der Waals surface area contributed by atoms with Gasteiger partial charge in [0.15, 0.2) is 22.4 Å². The van der Waals surface area contributed by atoms with Gasteiger partial charge >= 0.3 is 0 Å². The van der Waals surface area contributed by atoms with E-state index < -0.39 is 23.5 Å². The average Bonchev–Trinajstić information content (AvgIpc) is 3.64. The number of nitrogens with zero attached hydrogens (tertiary/aromatic N) is 3. The van der Waals surface area contributed by atoms with Gasteiger partial charge in [-0.1, -0.05) is 59.3 Å². The monoisotopic (exact) mass is 617 g/mol. The summed E-state index contributed by atoms with van der Waals surface area (Å²) in [5.41, 5.74) is 2.65. The maximum atomic E-state index is 14.0. The van der Waals surface area contributed by atoms with Crippen molar-refractivity contribution in [2.45, 2.75) is 26.5 Å². The second-order valence-corrected chi connectivity index (χ2v) is 12.3. The van der Waals surface area contributed by atoms with E-state index in [0.29, 0.717) is 54.9 Å². The normalized spacial score (nSPS) is 15.1. The van der Waals surface area contributed by atoms with Crippen LogP contribution in [-0.2, 0) is 11.4 Å². The second-order valence-electron chi connectivity index (χ2n) is 9.61. The summed E-state index contributed by atoms with van der Waals surface area (Å²) in [5, 5.41) is 12.8. The predicted octanol–water partition coefficient (Wildman–Crippen LogP) is 7.39. The zero-order chi connectivity index (χ0) is 29.5. The number of benzene rings is 3. The molecule has 0 bridgehead atoms. The first-order chi connectivity index (χ1) is 20.2. The van der Waals surface area contributed by atoms with E-state index in [4.69, 9.17) is 21.1 Å². The highest BCUT2D eigenvalue weighted by Crippen LogP contribution is 2.46. The van der Waals surface area contributed by atoms with Gasteiger partial charge in [0.2, 0.25) is 5.78 Å². The number of aryl methyl sites for hydroxylation is 2. The summed E-state index contributed by atoms with van der Waals surface area (Å²) >= 11 is 8.66. The molecule has 0 saturated carbocycles. The van der Waals surface area contributed by atoms with E-state index in [0.717, 1.165) is 10.3 Å². The Morgan fingerprint density at radius 2 is 1.81 bits per heavy atom. The van der Waals surface area contributed by atoms with Crippen molar-refractivity contribution >= 4 is 61.3 Å². The molecule has 1 unspecified atom stereocenters. The second kappa shape index (κ2) is 11.2. The minimum Gasteiger partial charge on any atom is -0.503 e. The molecule has 1 aliphatic rings. The fourth-order valence-electron chi connectivity index (χ4n) is 4.91. The van der Waals surface area contributed by atoms with Gasteiger partial charge in [-0.05, 0) is 55.3 Å². The maximum Gasteiger partial charge on any atom is 0.296 e. The van der Waals surface area contributed by atoms with Crippen LogP contribution in [0.5, 0.6) is 11.5 Å². The van der Waals surface area contributed by atoms with Crippen LogP contribution in [0.4, 0.5) is 5.13 Å². The van der Waals surface area contributed by atoms with Crippen LogP contribution in [0.1, 0.15) is 37.5 Å². The molecule has 0 radical (unpaired) electrons. The molecular formula is C31H24ClN3O5S2. The number of thiazole rings is 2. The number of methoxy groups -OCH3 is 1. The minimum atomic E-state index is -0.986. The van der Waals surface area contributed by atoms with Gasteiger partial charge in [-0.2, -0.15) is 0 Å². The summed E-state index contributed by atoms with van der Waals surface area (Å²) in [4.78, 5) is 38.4. The summed E-state index contributed by atoms with van der Waals surface area (Å²) in [6.45, 7) is 3.86. The van der Waals surface area contributed by atoms with Gasteiger partial charge < -0.3 is 14.6 Å². The van der Waals surface area contributed by atoms with Crippen molar-refractivity contribution in [1.82, 2.24) is 9.97 Å². The molecule has 1 amide bonds. The number of anilines is 1. The van der Waals surface area contributed by atoms with Crippen LogP contribution >= 0.6 is 34.3 Å². The predicted molar refractivity (Wildman–Crippen MR) is 164 cm³/mol. The Balaban J connectivity index is 1.45. The zero-order valence-electron chi connectivity index (χ0n) is 22.8. The number of fused-ring (bicyclic) bond motifs is 1. The number of Topliss-reactive ketones (excluding diaryl/α,β-unsaturated/α-hetero) is 1. The van der Waals surface area contributed by atoms with Crippen LogP contribution in [-0.4, -0.2) is 33.9 Å². The number of ether oxygens (including phenoxy) is 2. The number of ketones is 1. The van der Waals surface area contributed by atoms with E-state index in [-0.39, 0.29) is 5.57 Å². The van der Waals surface area contributed by atoms with Crippen LogP contribution < -0.4 is 14.4 Å². The van der Waals surface area contributed by atoms with E-state index >= 15 is 0 Å². The third kappa shape index (κ3) is 5.02. The molecule has 0 saturated heterocycles. The van der Waals surface area contributed by atoms with Crippen LogP contribution in [0.3, 0.4) is 0 Å². The summed E-state index contributed by atoms with van der Waals surface area (Å²) in [6, 6.07) is 19.2. The highest BCUT2D eigenvalue weighted by atomic mass is 35.5. The van der Waals surface area contributed by atoms with Gasteiger partial charge in [0.05, 0.1) is 44.5 Å². The van der Waals surface area contributed by atoms with Gasteiger partial charge in [-0.3, -0.25) is 14.5 Å². The summed E-state index contributed by atoms with van der Waals surface area (Å²) < 4.78 is 12.5. The number of amides is 1. The lowest BCUT2D eigenvalue weighted by Crippen LogP contribution is -2.31. The highest BCUT2D eigenvalue weighted by molar-refractivity contribution is 7.22. The molecule has 1 atom stereocenters. The smallest absolute Gasteiger partial charge is 0.296 e. The number of halogens is 1. The molecule has 5 aromatic rings. The number of carbonyl (C=O) groups excluding carboxylic acids is 2. The van der Waals surface area contributed by atoms with Crippen molar-refractivity contribution in [3.8, 4) is 11.5 Å². The van der Waals surface area contributed by atoms with Crippen molar-refractivity contribution in [3.63, 3.8) is 0 Å². The SMILES string of the molecule is COc1cc(C2C(C(=O)c3sc(C)nc3C)=C(O)C(=O)N2c2nc3ccc(Cl)cc3s2)ccc1OCc1ccccc1. The Bertz CT molecular complexity index is 1880. The van der Waals surface area contributed by atoms with Gasteiger partial charge in [0, 0.05) is 5.02 Å². The number of rotatable bonds is 8. The first kappa shape index (κ1) is 27.9. The van der Waals surface area contributed by atoms with Crippen LogP contribution in [0.25, 0.3) is 10.2 Å². The standard InChI is InChI=1S/C31H24ClN3O5S2/c1-16-29(41-17(2)33-16)27(36)25-26(19-9-12-22(23(13-19)39-3)40-15-18-7-5-4-6-8-18)35(30(38)28(25)37)31-34-21-11-10-20(32)14-24(21)42-31/h4-14,26,37H,15H2,1-3H3. The third-order valence-electron chi connectivity index (χ3n) is 6.85. The third-order valence-corrected chi connectivity index (χ3v) is 9.17. The molecule has 3 heterocycles. The minimum absolute atomic E-state index is 0.0518. The molecule has 42 heavy (non-hydrogen) atoms. The lowest BCUT2D eigenvalue weighted by atomic mass is 9.95. The molecule has 212 valence electrons. The van der Waals surface area contributed by atoms with Crippen LogP contribution in [0, 0.1) is 13.8 Å². The molecule has 8 nitrogen and oxygen atoms in total. The molecule has 11 heteroatoms. The molecule has 0 fully saturated rings. The molecular weight excluding hydrogens is 594 g/mol. The van der Waals surface area contributed by atoms with E-state index in [1.165, 1.54) is 34.7 Å². The van der Waals surface area contributed by atoms with Crippen molar-refractivity contribution in [2.75, 3.05) is 12.0 Å². The molecule has 2 aromatic heterocycles. The first-order valence-electron chi connectivity index (χ1n) is 12.9. The Morgan fingerprint density at radius 3 is 2.52 bits per heavy atom. The lowest BCUT2D eigenvalue weighted by Gasteiger charge is -2.25. The summed E-state index contributed by atoms with van der Waals surface area (Å²) in [6.07, 6.45) is 0. The summed E-state index contributed by atoms with van der Waals surface area (Å²) in [5.74, 6) is -0.920. The van der Waals surface area contributed by atoms with Gasteiger partial charge in [0.1, 0.15) is 6.61 Å². The number of aromatic nitrogens is 2. The number of aliphatic hydroxyl groups is 1. The number of hydrogen-bond donors (Lipinski definition) is 1. The molecule has 6 rings (SSSR count). The van der Waals surface area contributed by atoms with Crippen molar-refractivity contribution in [2.24, 2.45) is 0 Å². The molecule has 1 aliphatic heterocycles. The number of aliphatic hydroxyl groups excluding tert-OH is 1. The largest absolute Gasteiger partial charge is 0.503 e. The van der Waals surface area contributed by atoms with Crippen molar-refractivity contribution in [1.29, 1.82) is 0 Å². The van der Waals surface area contributed by atoms with E-state index in [9.17, 15) is 14.7 Å². The van der Waals surface area contributed by atoms with E-state index in [1.807, 2.05) is 30.3 Å². The quantitative estimate of drug-likeness (QED) is 0.181. The van der Waals surface area contributed by atoms with Crippen molar-refractivity contribution < 1.29 is 24.2 Å². The number of hydrogen-bond acceptors (Lipinski definition) is 9. The van der Waals surface area contributed by atoms with Gasteiger partial charge in [0.25, 0.3) is 5.91 Å². The Hall–Kier alpha value is -4.25. The zero-order valence-corrected chi connectivity index (χ0v) is 25.1. The summed E-state index contributed by atoms with van der Waals surface area (Å²) in [7, 11) is 1.52. The molecule has 0 aliphatic carbocycles. The number of carbonyl (C=O) groups is 2. The fourth-order valence-corrected chi connectivity index (χ4v) is 7.05. The van der Waals surface area contributed by atoms with Crippen molar-refractivity contribution in [3.05, 3.63) is 110 Å². The lowest BCUT2D eigenvalue weighted by molar-refractivity contribution is -0.117. The first-order valence-corrected chi connectivity index (χ1v) is 14.9. The van der Waals surface area contributed by atoms with Crippen LogP contribution in [0.2, 0.25) is 5.02 Å². The average molecular weight is 618 g/mol. The fraction of sp³-hybridized carbons (Fsp3) is 0.161. The van der Waals surface area contributed by atoms with E-state index in [2.05, 4.69) is 9.97 Å². The molecule has 3 aromatic carbocycles. The van der Waals surface area contributed by atoms with E-state index in [1.54, 1.807) is 50.2 Å². The Labute approximate surface area is 254 Å². The molecule has 0 spiro atoms. The van der Waals surface area contributed by atoms with Gasteiger partial charge in [-0.15, -0.1) is 11.3 Å². The van der Waals surface area contributed by atoms with Gasteiger partial charge in [-0.25, -0.2) is 9.97 Å². The molecule has 1 N–H and O–H groups in total. The highest BCUT2D eigenvalue weighted by Gasteiger charge is 2.46. The Morgan fingerprint density at radius 1 is 1.02 bits per heavy atom. The maximum absolute atomic E-state index is 14.0.